The molecule has 0 aliphatic carbocycles. The van der Waals surface area contributed by atoms with Crippen molar-refractivity contribution in [1.29, 1.82) is 0 Å². The summed E-state index contributed by atoms with van der Waals surface area (Å²) < 4.78 is 5.12. The second kappa shape index (κ2) is 7.58. The van der Waals surface area contributed by atoms with Gasteiger partial charge in [-0.2, -0.15) is 5.10 Å². The lowest BCUT2D eigenvalue weighted by Crippen LogP contribution is -1.93. The van der Waals surface area contributed by atoms with E-state index in [9.17, 15) is 0 Å². The average molecular weight is 330 g/mol. The van der Waals surface area contributed by atoms with Crippen LogP contribution in [0.5, 0.6) is 5.75 Å². The Morgan fingerprint density at radius 1 is 1.13 bits per heavy atom. The number of benzene rings is 2. The maximum Gasteiger partial charge on any atom is 0.118 e. The van der Waals surface area contributed by atoms with Gasteiger partial charge in [0, 0.05) is 16.6 Å². The number of methoxy groups -OCH3 is 1. The van der Waals surface area contributed by atoms with Crippen LogP contribution in [-0.4, -0.2) is 23.8 Å². The summed E-state index contributed by atoms with van der Waals surface area (Å²) in [5, 5.41) is 5.90. The number of fused-ring (bicyclic) bond motifs is 1. The standard InChI is InChI=1S/C17H14ClN3O.H2O/c1-22-14-5-2-12(3-6-14)11-20-21-16-8-9-19-17-10-13(18)4-7-15(16)17;/h2-11H,1H3,(H,19,21);1H2/b20-11+;. The molecule has 0 fully saturated rings. The van der Waals surface area contributed by atoms with Gasteiger partial charge >= 0.3 is 0 Å². The first-order chi connectivity index (χ1) is 10.8. The Morgan fingerprint density at radius 3 is 2.65 bits per heavy atom. The fourth-order valence-corrected chi connectivity index (χ4v) is 2.25. The van der Waals surface area contributed by atoms with Gasteiger partial charge in [-0.25, -0.2) is 0 Å². The van der Waals surface area contributed by atoms with Crippen LogP contribution in [0.3, 0.4) is 0 Å². The Hall–Kier alpha value is -2.63. The third kappa shape index (κ3) is 3.97. The molecule has 0 atom stereocenters. The van der Waals surface area contributed by atoms with Crippen LogP contribution in [0.2, 0.25) is 5.02 Å². The fraction of sp³-hybridized carbons (Fsp3) is 0.0588. The van der Waals surface area contributed by atoms with Crippen molar-refractivity contribution in [3.05, 3.63) is 65.3 Å². The number of pyridine rings is 1. The summed E-state index contributed by atoms with van der Waals surface area (Å²) in [5.41, 5.74) is 5.73. The van der Waals surface area contributed by atoms with E-state index < -0.39 is 0 Å². The molecule has 5 nitrogen and oxygen atoms in total. The molecule has 23 heavy (non-hydrogen) atoms. The molecule has 2 aromatic carbocycles. The van der Waals surface area contributed by atoms with Crippen LogP contribution in [0.4, 0.5) is 5.69 Å². The maximum atomic E-state index is 5.98. The number of halogens is 1. The minimum Gasteiger partial charge on any atom is -0.497 e. The van der Waals surface area contributed by atoms with Crippen molar-refractivity contribution < 1.29 is 10.2 Å². The van der Waals surface area contributed by atoms with E-state index >= 15 is 0 Å². The lowest BCUT2D eigenvalue weighted by molar-refractivity contribution is 0.415. The zero-order valence-electron chi connectivity index (χ0n) is 12.5. The molecule has 0 unspecified atom stereocenters. The first-order valence-electron chi connectivity index (χ1n) is 6.74. The first kappa shape index (κ1) is 16.7. The summed E-state index contributed by atoms with van der Waals surface area (Å²) in [6.07, 6.45) is 3.48. The normalized spacial score (nSPS) is 10.5. The first-order valence-corrected chi connectivity index (χ1v) is 7.11. The lowest BCUT2D eigenvalue weighted by Gasteiger charge is -2.05. The van der Waals surface area contributed by atoms with Crippen molar-refractivity contribution in [2.75, 3.05) is 12.5 Å². The highest BCUT2D eigenvalue weighted by molar-refractivity contribution is 6.31. The Labute approximate surface area is 138 Å². The summed E-state index contributed by atoms with van der Waals surface area (Å²) in [4.78, 5) is 4.30. The van der Waals surface area contributed by atoms with Gasteiger partial charge in [-0.3, -0.25) is 10.4 Å². The van der Waals surface area contributed by atoms with Gasteiger partial charge in [0.25, 0.3) is 0 Å². The number of hydrogen-bond acceptors (Lipinski definition) is 4. The van der Waals surface area contributed by atoms with Crippen LogP contribution < -0.4 is 10.2 Å². The molecule has 1 heterocycles. The molecule has 0 radical (unpaired) electrons. The summed E-state index contributed by atoms with van der Waals surface area (Å²) in [7, 11) is 1.64. The Morgan fingerprint density at radius 2 is 1.91 bits per heavy atom. The summed E-state index contributed by atoms with van der Waals surface area (Å²) in [5.74, 6) is 0.821. The summed E-state index contributed by atoms with van der Waals surface area (Å²) in [6.45, 7) is 0. The molecule has 3 aromatic rings. The lowest BCUT2D eigenvalue weighted by atomic mass is 10.2. The quantitative estimate of drug-likeness (QED) is 0.587. The molecule has 118 valence electrons. The molecule has 0 aliphatic rings. The SMILES string of the molecule is COc1ccc(/C=N/Nc2ccnc3cc(Cl)ccc23)cc1.O. The van der Waals surface area contributed by atoms with Crippen LogP contribution in [-0.2, 0) is 0 Å². The molecular weight excluding hydrogens is 314 g/mol. The molecule has 6 heteroatoms. The van der Waals surface area contributed by atoms with Gasteiger partial charge in [0.2, 0.25) is 0 Å². The molecule has 0 saturated carbocycles. The Balaban J connectivity index is 0.00000192. The van der Waals surface area contributed by atoms with E-state index in [2.05, 4.69) is 15.5 Å². The number of ether oxygens (including phenoxy) is 1. The Bertz CT molecular complexity index is 820. The van der Waals surface area contributed by atoms with E-state index in [0.717, 1.165) is 27.9 Å². The zero-order chi connectivity index (χ0) is 15.4. The van der Waals surface area contributed by atoms with E-state index in [4.69, 9.17) is 16.3 Å². The van der Waals surface area contributed by atoms with Crippen LogP contribution in [0.15, 0.2) is 59.8 Å². The van der Waals surface area contributed by atoms with Crippen molar-refractivity contribution in [3.63, 3.8) is 0 Å². The minimum absolute atomic E-state index is 0. The number of hydrogen-bond donors (Lipinski definition) is 1. The Kier molecular flexibility index (Phi) is 5.51. The highest BCUT2D eigenvalue weighted by Gasteiger charge is 2.01. The average Bonchev–Trinajstić information content (AvgIpc) is 2.55. The third-order valence-electron chi connectivity index (χ3n) is 3.22. The van der Waals surface area contributed by atoms with Gasteiger partial charge in [-0.1, -0.05) is 11.6 Å². The van der Waals surface area contributed by atoms with Crippen molar-refractivity contribution >= 4 is 34.4 Å². The molecular formula is C17H16ClN3O2. The van der Waals surface area contributed by atoms with Crippen molar-refractivity contribution in [1.82, 2.24) is 4.98 Å². The topological polar surface area (TPSA) is 78.0 Å². The molecule has 0 aliphatic heterocycles. The van der Waals surface area contributed by atoms with Gasteiger partial charge in [-0.15, -0.1) is 0 Å². The number of nitrogens with zero attached hydrogens (tertiary/aromatic N) is 2. The minimum atomic E-state index is 0. The van der Waals surface area contributed by atoms with Crippen molar-refractivity contribution in [3.8, 4) is 5.75 Å². The van der Waals surface area contributed by atoms with Gasteiger partial charge in [0.05, 0.1) is 24.5 Å². The second-order valence-electron chi connectivity index (χ2n) is 4.66. The molecule has 0 saturated heterocycles. The van der Waals surface area contributed by atoms with Gasteiger partial charge in [-0.05, 0) is 54.1 Å². The molecule has 1 aromatic heterocycles. The predicted molar refractivity (Wildman–Crippen MR) is 94.6 cm³/mol. The largest absolute Gasteiger partial charge is 0.497 e. The summed E-state index contributed by atoms with van der Waals surface area (Å²) >= 11 is 5.98. The molecule has 0 amide bonds. The number of hydrazone groups is 1. The van der Waals surface area contributed by atoms with E-state index in [-0.39, 0.29) is 5.48 Å². The number of anilines is 1. The van der Waals surface area contributed by atoms with E-state index in [0.29, 0.717) is 5.02 Å². The third-order valence-corrected chi connectivity index (χ3v) is 3.45. The zero-order valence-corrected chi connectivity index (χ0v) is 13.2. The van der Waals surface area contributed by atoms with E-state index in [1.807, 2.05) is 48.5 Å². The van der Waals surface area contributed by atoms with Gasteiger partial charge in [0.1, 0.15) is 5.75 Å². The second-order valence-corrected chi connectivity index (χ2v) is 5.10. The highest BCUT2D eigenvalue weighted by Crippen LogP contribution is 2.24. The van der Waals surface area contributed by atoms with Gasteiger partial charge < -0.3 is 10.2 Å². The number of nitrogens with one attached hydrogen (secondary N) is 1. The predicted octanol–water partition coefficient (Wildman–Crippen LogP) is 3.52. The van der Waals surface area contributed by atoms with Crippen molar-refractivity contribution in [2.45, 2.75) is 0 Å². The number of aromatic nitrogens is 1. The smallest absolute Gasteiger partial charge is 0.118 e. The summed E-state index contributed by atoms with van der Waals surface area (Å²) in [6, 6.07) is 15.1. The molecule has 0 spiro atoms. The molecule has 3 N–H and O–H groups in total. The highest BCUT2D eigenvalue weighted by atomic mass is 35.5. The van der Waals surface area contributed by atoms with Crippen LogP contribution in [0.25, 0.3) is 10.9 Å². The molecule has 0 bridgehead atoms. The van der Waals surface area contributed by atoms with Crippen molar-refractivity contribution in [2.24, 2.45) is 5.10 Å². The van der Waals surface area contributed by atoms with E-state index in [1.165, 1.54) is 0 Å². The monoisotopic (exact) mass is 329 g/mol. The van der Waals surface area contributed by atoms with Gasteiger partial charge in [0.15, 0.2) is 0 Å². The van der Waals surface area contributed by atoms with Crippen LogP contribution >= 0.6 is 11.6 Å². The molecule has 3 rings (SSSR count). The number of rotatable bonds is 4. The van der Waals surface area contributed by atoms with Crippen LogP contribution in [0, 0.1) is 0 Å². The van der Waals surface area contributed by atoms with E-state index in [1.54, 1.807) is 19.5 Å². The maximum absolute atomic E-state index is 5.98. The fourth-order valence-electron chi connectivity index (χ4n) is 2.09. The van der Waals surface area contributed by atoms with Crippen LogP contribution in [0.1, 0.15) is 5.56 Å².